The van der Waals surface area contributed by atoms with Crippen LogP contribution < -0.4 is 5.32 Å². The van der Waals surface area contributed by atoms with E-state index in [1.165, 1.54) is 0 Å². The molecule has 1 fully saturated rings. The van der Waals surface area contributed by atoms with Crippen molar-refractivity contribution in [1.82, 2.24) is 15.0 Å². The molecule has 1 unspecified atom stereocenters. The molecular formula is C20H18Cl2N4O2. The fourth-order valence-corrected chi connectivity index (χ4v) is 3.83. The molecule has 2 heterocycles. The highest BCUT2D eigenvalue weighted by molar-refractivity contribution is 6.39. The number of nitrogens with zero attached hydrogens (tertiary/aromatic N) is 3. The van der Waals surface area contributed by atoms with Crippen molar-refractivity contribution in [3.05, 3.63) is 64.0 Å². The number of benzene rings is 2. The van der Waals surface area contributed by atoms with Crippen LogP contribution in [0.2, 0.25) is 10.0 Å². The molecule has 0 aliphatic carbocycles. The highest BCUT2D eigenvalue weighted by Gasteiger charge is 2.34. The van der Waals surface area contributed by atoms with E-state index in [2.05, 4.69) is 15.5 Å². The van der Waals surface area contributed by atoms with Crippen molar-refractivity contribution in [2.45, 2.75) is 25.8 Å². The summed E-state index contributed by atoms with van der Waals surface area (Å²) in [6, 6.07) is 12.4. The quantitative estimate of drug-likeness (QED) is 0.592. The Morgan fingerprint density at radius 3 is 2.71 bits per heavy atom. The van der Waals surface area contributed by atoms with Gasteiger partial charge in [-0.25, -0.2) is 4.79 Å². The number of rotatable bonds is 3. The van der Waals surface area contributed by atoms with Crippen molar-refractivity contribution in [2.24, 2.45) is 0 Å². The Hall–Kier alpha value is -2.57. The topological polar surface area (TPSA) is 71.3 Å². The van der Waals surface area contributed by atoms with E-state index in [4.69, 9.17) is 27.7 Å². The van der Waals surface area contributed by atoms with Crippen LogP contribution in [0.1, 0.15) is 30.3 Å². The zero-order chi connectivity index (χ0) is 19.7. The second-order valence-electron chi connectivity index (χ2n) is 6.70. The molecular weight excluding hydrogens is 399 g/mol. The van der Waals surface area contributed by atoms with Crippen molar-refractivity contribution in [3.8, 4) is 11.4 Å². The number of halogens is 2. The predicted octanol–water partition coefficient (Wildman–Crippen LogP) is 5.72. The zero-order valence-electron chi connectivity index (χ0n) is 15.2. The van der Waals surface area contributed by atoms with Gasteiger partial charge in [0, 0.05) is 12.1 Å². The maximum absolute atomic E-state index is 12.8. The molecule has 0 bridgehead atoms. The van der Waals surface area contributed by atoms with E-state index in [1.807, 2.05) is 31.2 Å². The fourth-order valence-electron chi connectivity index (χ4n) is 3.33. The van der Waals surface area contributed by atoms with Gasteiger partial charge in [0.05, 0.1) is 15.7 Å². The van der Waals surface area contributed by atoms with Gasteiger partial charge < -0.3 is 14.7 Å². The first-order valence-corrected chi connectivity index (χ1v) is 9.71. The van der Waals surface area contributed by atoms with E-state index in [0.29, 0.717) is 34.0 Å². The number of hydrogen-bond acceptors (Lipinski definition) is 4. The van der Waals surface area contributed by atoms with E-state index in [0.717, 1.165) is 24.0 Å². The second-order valence-corrected chi connectivity index (χ2v) is 7.52. The molecule has 2 aromatic carbocycles. The summed E-state index contributed by atoms with van der Waals surface area (Å²) < 4.78 is 5.49. The zero-order valence-corrected chi connectivity index (χ0v) is 16.7. The minimum atomic E-state index is -0.298. The minimum Gasteiger partial charge on any atom is -0.337 e. The van der Waals surface area contributed by atoms with Gasteiger partial charge in [0.25, 0.3) is 0 Å². The third-order valence-corrected chi connectivity index (χ3v) is 5.34. The smallest absolute Gasteiger partial charge is 0.322 e. The van der Waals surface area contributed by atoms with Gasteiger partial charge in [-0.1, -0.05) is 58.2 Å². The van der Waals surface area contributed by atoms with Gasteiger partial charge in [0.1, 0.15) is 6.04 Å². The van der Waals surface area contributed by atoms with E-state index >= 15 is 0 Å². The summed E-state index contributed by atoms with van der Waals surface area (Å²) in [5.41, 5.74) is 2.39. The van der Waals surface area contributed by atoms with Gasteiger partial charge in [0.2, 0.25) is 11.7 Å². The molecule has 1 N–H and O–H groups in total. The molecule has 4 rings (SSSR count). The number of urea groups is 1. The predicted molar refractivity (Wildman–Crippen MR) is 109 cm³/mol. The molecule has 1 atom stereocenters. The Morgan fingerprint density at radius 1 is 1.21 bits per heavy atom. The molecule has 28 heavy (non-hydrogen) atoms. The lowest BCUT2D eigenvalue weighted by molar-refractivity contribution is 0.193. The Balaban J connectivity index is 1.55. The molecule has 144 valence electrons. The monoisotopic (exact) mass is 416 g/mol. The summed E-state index contributed by atoms with van der Waals surface area (Å²) in [5, 5.41) is 7.66. The van der Waals surface area contributed by atoms with Crippen LogP contribution in [-0.2, 0) is 0 Å². The maximum atomic E-state index is 12.8. The molecule has 3 aromatic rings. The highest BCUT2D eigenvalue weighted by Crippen LogP contribution is 2.35. The molecule has 0 saturated carbocycles. The number of amides is 2. The number of carbonyl (C=O) groups is 1. The number of para-hydroxylation sites is 1. The van der Waals surface area contributed by atoms with E-state index in [1.54, 1.807) is 23.1 Å². The molecule has 1 aromatic heterocycles. The Labute approximate surface area is 172 Å². The average molecular weight is 417 g/mol. The number of nitrogens with one attached hydrogen (secondary N) is 1. The average Bonchev–Trinajstić information content (AvgIpc) is 3.33. The first-order valence-electron chi connectivity index (χ1n) is 8.95. The second kappa shape index (κ2) is 7.81. The number of aryl methyl sites for hydroxylation is 1. The Kier molecular flexibility index (Phi) is 5.24. The molecule has 2 amide bonds. The highest BCUT2D eigenvalue weighted by atomic mass is 35.5. The van der Waals surface area contributed by atoms with E-state index in [-0.39, 0.29) is 12.1 Å². The first-order chi connectivity index (χ1) is 13.5. The van der Waals surface area contributed by atoms with Crippen LogP contribution >= 0.6 is 23.2 Å². The Bertz CT molecular complexity index is 1000. The number of aromatic nitrogens is 2. The summed E-state index contributed by atoms with van der Waals surface area (Å²) >= 11 is 12.3. The van der Waals surface area contributed by atoms with Crippen LogP contribution in [0.15, 0.2) is 47.0 Å². The third-order valence-electron chi connectivity index (χ3n) is 4.71. The van der Waals surface area contributed by atoms with Gasteiger partial charge in [-0.05, 0) is 38.0 Å². The molecule has 6 nitrogen and oxygen atoms in total. The summed E-state index contributed by atoms with van der Waals surface area (Å²) in [6.07, 6.45) is 1.59. The largest absolute Gasteiger partial charge is 0.337 e. The Morgan fingerprint density at radius 2 is 1.96 bits per heavy atom. The number of carbonyl (C=O) groups excluding carboxylic acids is 1. The lowest BCUT2D eigenvalue weighted by Crippen LogP contribution is -2.34. The van der Waals surface area contributed by atoms with Crippen LogP contribution in [0.25, 0.3) is 11.4 Å². The van der Waals surface area contributed by atoms with Crippen molar-refractivity contribution in [1.29, 1.82) is 0 Å². The maximum Gasteiger partial charge on any atom is 0.322 e. The number of anilines is 1. The van der Waals surface area contributed by atoms with Gasteiger partial charge in [-0.15, -0.1) is 0 Å². The third kappa shape index (κ3) is 3.70. The SMILES string of the molecule is Cc1cccc(-c2noc(C3CCCN3C(=O)Nc3c(Cl)cccc3Cl)n2)c1. The van der Waals surface area contributed by atoms with Gasteiger partial charge in [-0.2, -0.15) is 4.98 Å². The van der Waals surface area contributed by atoms with Gasteiger partial charge in [0.15, 0.2) is 0 Å². The summed E-state index contributed by atoms with van der Waals surface area (Å²) in [5.74, 6) is 0.939. The fraction of sp³-hybridized carbons (Fsp3) is 0.250. The number of hydrogen-bond donors (Lipinski definition) is 1. The van der Waals surface area contributed by atoms with Crippen LogP contribution in [0, 0.1) is 6.92 Å². The molecule has 0 spiro atoms. The van der Waals surface area contributed by atoms with Crippen LogP contribution in [-0.4, -0.2) is 27.6 Å². The standard InChI is InChI=1S/C20H18Cl2N4O2/c1-12-5-2-6-13(11-12)18-24-19(28-25-18)16-9-4-10-26(16)20(27)23-17-14(21)7-3-8-15(17)22/h2-3,5-8,11,16H,4,9-10H2,1H3,(H,23,27). The summed E-state index contributed by atoms with van der Waals surface area (Å²) in [4.78, 5) is 19.0. The first kappa shape index (κ1) is 18.8. The number of likely N-dealkylation sites (tertiary alicyclic amines) is 1. The summed E-state index contributed by atoms with van der Waals surface area (Å²) in [7, 11) is 0. The van der Waals surface area contributed by atoms with Crippen LogP contribution in [0.4, 0.5) is 10.5 Å². The van der Waals surface area contributed by atoms with Gasteiger partial charge >= 0.3 is 6.03 Å². The van der Waals surface area contributed by atoms with Crippen molar-refractivity contribution < 1.29 is 9.32 Å². The lowest BCUT2D eigenvalue weighted by Gasteiger charge is -2.22. The summed E-state index contributed by atoms with van der Waals surface area (Å²) in [6.45, 7) is 2.59. The minimum absolute atomic E-state index is 0.285. The van der Waals surface area contributed by atoms with E-state index < -0.39 is 0 Å². The lowest BCUT2D eigenvalue weighted by atomic mass is 10.1. The van der Waals surface area contributed by atoms with Crippen molar-refractivity contribution in [3.63, 3.8) is 0 Å². The normalized spacial score (nSPS) is 16.4. The van der Waals surface area contributed by atoms with Crippen LogP contribution in [0.5, 0.6) is 0 Å². The molecule has 0 radical (unpaired) electrons. The molecule has 1 saturated heterocycles. The van der Waals surface area contributed by atoms with Crippen molar-refractivity contribution in [2.75, 3.05) is 11.9 Å². The van der Waals surface area contributed by atoms with E-state index in [9.17, 15) is 4.79 Å². The molecule has 1 aliphatic rings. The van der Waals surface area contributed by atoms with Gasteiger partial charge in [-0.3, -0.25) is 0 Å². The van der Waals surface area contributed by atoms with Crippen molar-refractivity contribution >= 4 is 34.9 Å². The molecule has 1 aliphatic heterocycles. The molecule has 8 heteroatoms. The van der Waals surface area contributed by atoms with Crippen LogP contribution in [0.3, 0.4) is 0 Å².